The maximum Gasteiger partial charge on any atom is 0.259 e. The van der Waals surface area contributed by atoms with Gasteiger partial charge in [-0.3, -0.25) is 0 Å². The summed E-state index contributed by atoms with van der Waals surface area (Å²) in [5, 5.41) is 7.44. The van der Waals surface area contributed by atoms with Gasteiger partial charge in [-0.2, -0.15) is 0 Å². The molecule has 1 aromatic rings. The Labute approximate surface area is 55.0 Å². The summed E-state index contributed by atoms with van der Waals surface area (Å²) in [4.78, 5) is 0. The lowest BCUT2D eigenvalue weighted by Gasteiger charge is -1.95. The van der Waals surface area contributed by atoms with Crippen LogP contribution in [0.2, 0.25) is 0 Å². The lowest BCUT2D eigenvalue weighted by atomic mass is 10.1. The van der Waals surface area contributed by atoms with E-state index in [9.17, 15) is 0 Å². The molecule has 0 amide bonds. The molecule has 1 rings (SSSR count). The van der Waals surface area contributed by atoms with Gasteiger partial charge >= 0.3 is 0 Å². The van der Waals surface area contributed by atoms with Crippen LogP contribution in [0.3, 0.4) is 0 Å². The summed E-state index contributed by atoms with van der Waals surface area (Å²) in [6.07, 6.45) is 0. The van der Waals surface area contributed by atoms with Crippen LogP contribution >= 0.6 is 0 Å². The summed E-state index contributed by atoms with van der Waals surface area (Å²) in [5.41, 5.74) is 2.10. The van der Waals surface area contributed by atoms with Gasteiger partial charge in [-0.1, -0.05) is 18.2 Å². The van der Waals surface area contributed by atoms with Crippen molar-refractivity contribution in [3.8, 4) is 5.75 Å². The van der Waals surface area contributed by atoms with Crippen LogP contribution in [-0.2, 0) is 0 Å². The van der Waals surface area contributed by atoms with Crippen molar-refractivity contribution in [3.63, 3.8) is 0 Å². The molecule has 2 N–H and O–H groups in total. The van der Waals surface area contributed by atoms with E-state index < -0.39 is 0 Å². The molecular formula is C8H11O+. The Morgan fingerprint density at radius 1 is 1.11 bits per heavy atom. The number of para-hydroxylation sites is 1. The highest BCUT2D eigenvalue weighted by atomic mass is 16.3. The average Bonchev–Trinajstić information content (AvgIpc) is 1.83. The number of rotatable bonds is 0. The molecular weight excluding hydrogens is 112 g/mol. The van der Waals surface area contributed by atoms with Crippen LogP contribution in [0.5, 0.6) is 5.75 Å². The fourth-order valence-electron chi connectivity index (χ4n) is 0.814. The molecule has 0 bridgehead atoms. The van der Waals surface area contributed by atoms with Gasteiger partial charge in [0.05, 0.1) is 0 Å². The molecule has 1 aromatic carbocycles. The van der Waals surface area contributed by atoms with Crippen LogP contribution in [0, 0.1) is 13.8 Å². The van der Waals surface area contributed by atoms with Crippen molar-refractivity contribution in [1.82, 2.24) is 0 Å². The Morgan fingerprint density at radius 2 is 1.56 bits per heavy atom. The minimum absolute atomic E-state index is 0.664. The van der Waals surface area contributed by atoms with Crippen molar-refractivity contribution >= 4 is 0 Å². The zero-order chi connectivity index (χ0) is 6.85. The van der Waals surface area contributed by atoms with Crippen LogP contribution in [0.15, 0.2) is 18.2 Å². The van der Waals surface area contributed by atoms with Crippen LogP contribution in [0.25, 0.3) is 0 Å². The molecule has 0 atom stereocenters. The van der Waals surface area contributed by atoms with Gasteiger partial charge in [0.25, 0.3) is 5.75 Å². The van der Waals surface area contributed by atoms with E-state index in [1.807, 2.05) is 32.0 Å². The van der Waals surface area contributed by atoms with E-state index in [4.69, 9.17) is 5.11 Å². The van der Waals surface area contributed by atoms with Gasteiger partial charge in [-0.05, 0) is 13.8 Å². The minimum atomic E-state index is 0.664. The molecule has 48 valence electrons. The minimum Gasteiger partial charge on any atom is -0.593 e. The molecule has 0 aliphatic carbocycles. The first-order valence-corrected chi connectivity index (χ1v) is 2.99. The largest absolute Gasteiger partial charge is 0.593 e. The summed E-state index contributed by atoms with van der Waals surface area (Å²) >= 11 is 0. The molecule has 0 heterocycles. The Balaban J connectivity index is 3.25. The lowest BCUT2D eigenvalue weighted by Crippen LogP contribution is -1.76. The summed E-state index contributed by atoms with van der Waals surface area (Å²) in [5.74, 6) is 0.664. The van der Waals surface area contributed by atoms with E-state index in [1.54, 1.807) is 0 Å². The van der Waals surface area contributed by atoms with Gasteiger partial charge in [0.2, 0.25) is 0 Å². The summed E-state index contributed by atoms with van der Waals surface area (Å²) in [7, 11) is 0. The van der Waals surface area contributed by atoms with E-state index in [1.165, 1.54) is 0 Å². The SMILES string of the molecule is Cc1cccc(C)c1[OH2+]. The molecule has 0 saturated carbocycles. The maximum atomic E-state index is 7.44. The van der Waals surface area contributed by atoms with E-state index >= 15 is 0 Å². The monoisotopic (exact) mass is 123 g/mol. The fraction of sp³-hybridized carbons (Fsp3) is 0.250. The van der Waals surface area contributed by atoms with Crippen LogP contribution < -0.4 is 0 Å². The Morgan fingerprint density at radius 3 is 1.89 bits per heavy atom. The number of hydrogen-bond acceptors (Lipinski definition) is 0. The molecule has 0 aliphatic rings. The van der Waals surface area contributed by atoms with Gasteiger partial charge in [0, 0.05) is 11.1 Å². The Hall–Kier alpha value is -0.980. The smallest absolute Gasteiger partial charge is 0.259 e. The number of hydrogen-bond donors (Lipinski definition) is 0. The molecule has 0 saturated heterocycles. The molecule has 1 nitrogen and oxygen atoms in total. The first kappa shape index (κ1) is 6.14. The van der Waals surface area contributed by atoms with Crippen molar-refractivity contribution in [2.24, 2.45) is 0 Å². The molecule has 0 aliphatic heterocycles. The summed E-state index contributed by atoms with van der Waals surface area (Å²) < 4.78 is 0. The molecule has 9 heavy (non-hydrogen) atoms. The molecule has 0 unspecified atom stereocenters. The normalized spacial score (nSPS) is 9.56. The third kappa shape index (κ3) is 1.04. The van der Waals surface area contributed by atoms with Crippen LogP contribution in [0.4, 0.5) is 0 Å². The molecule has 1 heteroatoms. The number of aryl methyl sites for hydroxylation is 2. The average molecular weight is 123 g/mol. The van der Waals surface area contributed by atoms with Crippen molar-refractivity contribution in [3.05, 3.63) is 29.3 Å². The van der Waals surface area contributed by atoms with Crippen molar-refractivity contribution < 1.29 is 5.11 Å². The second-order valence-corrected chi connectivity index (χ2v) is 2.27. The van der Waals surface area contributed by atoms with Crippen molar-refractivity contribution in [1.29, 1.82) is 0 Å². The highest BCUT2D eigenvalue weighted by Crippen LogP contribution is 2.19. The second-order valence-electron chi connectivity index (χ2n) is 2.27. The Kier molecular flexibility index (Phi) is 1.43. The summed E-state index contributed by atoms with van der Waals surface area (Å²) in [6.45, 7) is 3.91. The van der Waals surface area contributed by atoms with E-state index in [-0.39, 0.29) is 0 Å². The van der Waals surface area contributed by atoms with E-state index in [0.29, 0.717) is 5.75 Å². The zero-order valence-electron chi connectivity index (χ0n) is 5.73. The topological polar surface area (TPSA) is 22.9 Å². The van der Waals surface area contributed by atoms with Gasteiger partial charge < -0.3 is 5.11 Å². The standard InChI is InChI=1S/C8H10O/c1-6-4-3-5-7(2)8(6)9/h3-5,9H,1-2H3/p+1. The quantitative estimate of drug-likeness (QED) is 0.469. The van der Waals surface area contributed by atoms with Gasteiger partial charge in [-0.15, -0.1) is 0 Å². The Bertz CT molecular complexity index is 196. The highest BCUT2D eigenvalue weighted by molar-refractivity contribution is 5.37. The third-order valence-electron chi connectivity index (χ3n) is 1.48. The first-order chi connectivity index (χ1) is 4.22. The van der Waals surface area contributed by atoms with Gasteiger partial charge in [0.1, 0.15) is 0 Å². The van der Waals surface area contributed by atoms with Crippen LogP contribution in [0.1, 0.15) is 11.1 Å². The molecule has 0 radical (unpaired) electrons. The number of benzene rings is 1. The summed E-state index contributed by atoms with van der Waals surface area (Å²) in [6, 6.07) is 5.88. The third-order valence-corrected chi connectivity index (χ3v) is 1.48. The highest BCUT2D eigenvalue weighted by Gasteiger charge is 2.00. The predicted octanol–water partition coefficient (Wildman–Crippen LogP) is 1.74. The van der Waals surface area contributed by atoms with Gasteiger partial charge in [-0.25, -0.2) is 0 Å². The fourth-order valence-corrected chi connectivity index (χ4v) is 0.814. The molecule has 0 aromatic heterocycles. The second kappa shape index (κ2) is 2.09. The molecule has 0 spiro atoms. The van der Waals surface area contributed by atoms with Crippen LogP contribution in [-0.4, -0.2) is 5.11 Å². The van der Waals surface area contributed by atoms with Crippen molar-refractivity contribution in [2.45, 2.75) is 13.8 Å². The van der Waals surface area contributed by atoms with Gasteiger partial charge in [0.15, 0.2) is 0 Å². The van der Waals surface area contributed by atoms with Crippen molar-refractivity contribution in [2.75, 3.05) is 0 Å². The predicted molar refractivity (Wildman–Crippen MR) is 39.0 cm³/mol. The maximum absolute atomic E-state index is 7.44. The first-order valence-electron chi connectivity index (χ1n) is 2.99. The van der Waals surface area contributed by atoms with E-state index in [2.05, 4.69) is 0 Å². The zero-order valence-corrected chi connectivity index (χ0v) is 5.73. The van der Waals surface area contributed by atoms with E-state index in [0.717, 1.165) is 11.1 Å². The molecule has 0 fully saturated rings. The lowest BCUT2D eigenvalue weighted by molar-refractivity contribution is 0.467.